The minimum atomic E-state index is 0.344. The third-order valence-corrected chi connectivity index (χ3v) is 2.05. The molecule has 0 atom stereocenters. The Balaban J connectivity index is 0.000000494. The average molecular weight is 248 g/mol. The Hall–Kier alpha value is -2.06. The van der Waals surface area contributed by atoms with Gasteiger partial charge >= 0.3 is 0 Å². The molecule has 0 radical (unpaired) electrons. The molecule has 0 heterocycles. The molecule has 5 nitrogen and oxygen atoms in total. The zero-order valence-electron chi connectivity index (χ0n) is 10.5. The lowest BCUT2D eigenvalue weighted by Crippen LogP contribution is -1.75. The normalized spacial score (nSPS) is 8.39. The molecule has 0 fully saturated rings. The van der Waals surface area contributed by atoms with Gasteiger partial charge in [0, 0.05) is 6.61 Å². The Kier molecular flexibility index (Phi) is 8.96. The van der Waals surface area contributed by atoms with Gasteiger partial charge in [0.15, 0.2) is 0 Å². The van der Waals surface area contributed by atoms with Gasteiger partial charge in [-0.3, -0.25) is 0 Å². The van der Waals surface area contributed by atoms with Gasteiger partial charge in [0.25, 0.3) is 0 Å². The molecule has 96 valence electrons. The van der Waals surface area contributed by atoms with Gasteiger partial charge in [0.1, 0.15) is 0 Å². The number of benzene rings is 1. The van der Waals surface area contributed by atoms with E-state index in [-0.39, 0.29) is 0 Å². The van der Waals surface area contributed by atoms with Crippen LogP contribution in [0.2, 0.25) is 0 Å². The van der Waals surface area contributed by atoms with E-state index in [4.69, 9.17) is 5.11 Å². The van der Waals surface area contributed by atoms with Crippen LogP contribution in [0.1, 0.15) is 25.3 Å². The molecule has 0 saturated heterocycles. The molecule has 1 aromatic rings. The summed E-state index contributed by atoms with van der Waals surface area (Å²) in [5.41, 5.74) is 1.72. The van der Waals surface area contributed by atoms with Gasteiger partial charge in [0.2, 0.25) is 12.2 Å². The Morgan fingerprint density at radius 1 is 1.22 bits per heavy atom. The minimum Gasteiger partial charge on any atom is -0.396 e. The number of aryl methyl sites for hydroxylation is 1. The smallest absolute Gasteiger partial charge is 0.240 e. The van der Waals surface area contributed by atoms with Crippen LogP contribution in [0.3, 0.4) is 0 Å². The second-order valence-electron chi connectivity index (χ2n) is 3.45. The first-order valence-corrected chi connectivity index (χ1v) is 5.56. The summed E-state index contributed by atoms with van der Waals surface area (Å²) in [6.07, 6.45) is 4.87. The van der Waals surface area contributed by atoms with Gasteiger partial charge in [-0.25, -0.2) is 9.59 Å². The fraction of sp³-hybridized carbons (Fsp3) is 0.385. The minimum absolute atomic E-state index is 0.344. The van der Waals surface area contributed by atoms with Gasteiger partial charge in [0.05, 0.1) is 11.4 Å². The van der Waals surface area contributed by atoms with Crippen molar-refractivity contribution in [2.75, 3.05) is 6.61 Å². The van der Waals surface area contributed by atoms with Gasteiger partial charge in [-0.2, -0.15) is 9.98 Å². The first-order valence-electron chi connectivity index (χ1n) is 5.56. The Bertz CT molecular complexity index is 457. The summed E-state index contributed by atoms with van der Waals surface area (Å²) in [7, 11) is 0. The number of aliphatic hydroxyl groups is 1. The number of rotatable bonds is 4. The van der Waals surface area contributed by atoms with Crippen molar-refractivity contribution in [3.05, 3.63) is 23.8 Å². The molecule has 0 amide bonds. The maximum atomic E-state index is 10.00. The molecular weight excluding hydrogens is 232 g/mol. The van der Waals surface area contributed by atoms with Gasteiger partial charge in [-0.1, -0.05) is 19.4 Å². The third kappa shape index (κ3) is 6.51. The predicted octanol–water partition coefficient (Wildman–Crippen LogP) is 2.71. The van der Waals surface area contributed by atoms with E-state index in [1.165, 1.54) is 18.2 Å². The number of isocyanates is 2. The second kappa shape index (κ2) is 10.1. The quantitative estimate of drug-likeness (QED) is 0.657. The average Bonchev–Trinajstić information content (AvgIpc) is 2.36. The van der Waals surface area contributed by atoms with Crippen molar-refractivity contribution in [1.29, 1.82) is 0 Å². The van der Waals surface area contributed by atoms with E-state index in [0.29, 0.717) is 18.0 Å². The largest absolute Gasteiger partial charge is 0.396 e. The lowest BCUT2D eigenvalue weighted by atomic mass is 10.2. The highest BCUT2D eigenvalue weighted by molar-refractivity contribution is 5.61. The summed E-state index contributed by atoms with van der Waals surface area (Å²) in [6, 6.07) is 4.88. The molecule has 0 unspecified atom stereocenters. The summed E-state index contributed by atoms with van der Waals surface area (Å²) in [6.45, 7) is 4.19. The summed E-state index contributed by atoms with van der Waals surface area (Å²) < 4.78 is 0. The maximum absolute atomic E-state index is 10.00. The third-order valence-electron chi connectivity index (χ3n) is 2.05. The number of aliphatic imine (C=N–C) groups is 2. The van der Waals surface area contributed by atoms with Crippen LogP contribution in [0.5, 0.6) is 0 Å². The molecule has 1 aromatic carbocycles. The van der Waals surface area contributed by atoms with Crippen LogP contribution in [0.15, 0.2) is 28.2 Å². The zero-order chi connectivity index (χ0) is 13.8. The number of carbonyl (C=O) groups excluding carboxylic acids is 2. The predicted molar refractivity (Wildman–Crippen MR) is 68.7 cm³/mol. The van der Waals surface area contributed by atoms with Crippen LogP contribution in [0.4, 0.5) is 11.4 Å². The van der Waals surface area contributed by atoms with Crippen LogP contribution >= 0.6 is 0 Å². The van der Waals surface area contributed by atoms with Crippen molar-refractivity contribution in [3.63, 3.8) is 0 Å². The molecule has 0 aromatic heterocycles. The van der Waals surface area contributed by atoms with Crippen molar-refractivity contribution in [2.45, 2.75) is 26.7 Å². The highest BCUT2D eigenvalue weighted by Crippen LogP contribution is 2.23. The van der Waals surface area contributed by atoms with Crippen LogP contribution in [-0.2, 0) is 9.59 Å². The van der Waals surface area contributed by atoms with Gasteiger partial charge < -0.3 is 5.11 Å². The monoisotopic (exact) mass is 248 g/mol. The molecule has 0 saturated carbocycles. The first-order chi connectivity index (χ1) is 8.69. The molecule has 1 N–H and O–H groups in total. The van der Waals surface area contributed by atoms with E-state index < -0.39 is 0 Å². The number of hydrogen-bond acceptors (Lipinski definition) is 5. The molecule has 0 aliphatic rings. The van der Waals surface area contributed by atoms with Crippen LogP contribution in [0.25, 0.3) is 0 Å². The molecule has 0 aliphatic carbocycles. The molecule has 1 rings (SSSR count). The maximum Gasteiger partial charge on any atom is 0.240 e. The highest BCUT2D eigenvalue weighted by Gasteiger charge is 1.97. The second-order valence-corrected chi connectivity index (χ2v) is 3.45. The number of nitrogens with zero attached hydrogens (tertiary/aromatic N) is 2. The van der Waals surface area contributed by atoms with Crippen LogP contribution in [0, 0.1) is 6.92 Å². The number of aliphatic hydroxyl groups excluding tert-OH is 1. The number of unbranched alkanes of at least 4 members (excludes halogenated alkanes) is 1. The molecular formula is C13H16N2O3. The van der Waals surface area contributed by atoms with E-state index in [1.807, 2.05) is 0 Å². The van der Waals surface area contributed by atoms with Crippen molar-refractivity contribution in [3.8, 4) is 0 Å². The van der Waals surface area contributed by atoms with Crippen LogP contribution < -0.4 is 0 Å². The lowest BCUT2D eigenvalue weighted by molar-refractivity contribution is 0.287. The Morgan fingerprint density at radius 2 is 1.89 bits per heavy atom. The van der Waals surface area contributed by atoms with E-state index in [9.17, 15) is 9.59 Å². The van der Waals surface area contributed by atoms with Crippen molar-refractivity contribution in [1.82, 2.24) is 0 Å². The summed E-state index contributed by atoms with van der Waals surface area (Å²) >= 11 is 0. The molecule has 0 spiro atoms. The zero-order valence-corrected chi connectivity index (χ0v) is 10.5. The fourth-order valence-electron chi connectivity index (χ4n) is 1.05. The summed E-state index contributed by atoms with van der Waals surface area (Å²) in [5.74, 6) is 0. The first kappa shape index (κ1) is 15.9. The van der Waals surface area contributed by atoms with E-state index >= 15 is 0 Å². The SMILES string of the molecule is CCCCO.Cc1ccc(N=C=O)cc1N=C=O. The summed E-state index contributed by atoms with van der Waals surface area (Å²) in [5, 5.41) is 8.07. The highest BCUT2D eigenvalue weighted by atomic mass is 16.2. The standard InChI is InChI=1S/C9H6N2O2.C4H10O/c1-7-2-3-8(10-5-12)4-9(7)11-6-13;1-2-3-4-5/h2-4H,1H3;5H,2-4H2,1H3. The molecule has 0 bridgehead atoms. The van der Waals surface area contributed by atoms with Crippen molar-refractivity contribution in [2.24, 2.45) is 9.98 Å². The van der Waals surface area contributed by atoms with E-state index in [2.05, 4.69) is 16.9 Å². The van der Waals surface area contributed by atoms with E-state index in [0.717, 1.165) is 18.4 Å². The topological polar surface area (TPSA) is 79.1 Å². The van der Waals surface area contributed by atoms with Crippen molar-refractivity contribution >= 4 is 23.5 Å². The van der Waals surface area contributed by atoms with Gasteiger partial charge in [-0.15, -0.1) is 0 Å². The van der Waals surface area contributed by atoms with Crippen LogP contribution in [-0.4, -0.2) is 23.9 Å². The number of hydrogen-bond donors (Lipinski definition) is 1. The van der Waals surface area contributed by atoms with Gasteiger partial charge in [-0.05, 0) is 31.0 Å². The lowest BCUT2D eigenvalue weighted by Gasteiger charge is -1.97. The van der Waals surface area contributed by atoms with E-state index in [1.54, 1.807) is 19.1 Å². The fourth-order valence-corrected chi connectivity index (χ4v) is 1.05. The Labute approximate surface area is 106 Å². The molecule has 5 heteroatoms. The molecule has 18 heavy (non-hydrogen) atoms. The molecule has 0 aliphatic heterocycles. The Morgan fingerprint density at radius 3 is 2.33 bits per heavy atom. The van der Waals surface area contributed by atoms with Crippen molar-refractivity contribution < 1.29 is 14.7 Å². The summed E-state index contributed by atoms with van der Waals surface area (Å²) in [4.78, 5) is 26.8.